The molecule has 2 nitrogen and oxygen atoms in total. The molecule has 14 heavy (non-hydrogen) atoms. The Hall–Kier alpha value is -0.370. The van der Waals surface area contributed by atoms with Gasteiger partial charge in [-0.05, 0) is 37.0 Å². The highest BCUT2D eigenvalue weighted by atomic mass is 16.3. The molecule has 82 valence electrons. The fourth-order valence-corrected chi connectivity index (χ4v) is 2.60. The third-order valence-corrected chi connectivity index (χ3v) is 3.71. The topological polar surface area (TPSA) is 37.3 Å². The summed E-state index contributed by atoms with van der Waals surface area (Å²) < 4.78 is 0. The van der Waals surface area contributed by atoms with E-state index < -0.39 is 5.60 Å². The first kappa shape index (κ1) is 11.7. The maximum Gasteiger partial charge on any atom is 0.120 e. The van der Waals surface area contributed by atoms with Crippen LogP contribution in [-0.2, 0) is 4.79 Å². The molecule has 2 heteroatoms. The Morgan fingerprint density at radius 1 is 1.43 bits per heavy atom. The molecule has 1 aliphatic carbocycles. The highest BCUT2D eigenvalue weighted by molar-refractivity contribution is 5.49. The van der Waals surface area contributed by atoms with Gasteiger partial charge in [0.25, 0.3) is 0 Å². The van der Waals surface area contributed by atoms with Gasteiger partial charge in [-0.15, -0.1) is 0 Å². The summed E-state index contributed by atoms with van der Waals surface area (Å²) in [4.78, 5) is 10.3. The van der Waals surface area contributed by atoms with Crippen LogP contribution in [0.3, 0.4) is 0 Å². The van der Waals surface area contributed by atoms with Crippen molar-refractivity contribution in [3.63, 3.8) is 0 Å². The molecule has 0 radical (unpaired) electrons. The Labute approximate surface area is 86.7 Å². The van der Waals surface area contributed by atoms with Gasteiger partial charge in [0.15, 0.2) is 0 Å². The number of hydrogen-bond donors (Lipinski definition) is 1. The van der Waals surface area contributed by atoms with Gasteiger partial charge < -0.3 is 9.90 Å². The van der Waals surface area contributed by atoms with Crippen molar-refractivity contribution in [1.82, 2.24) is 0 Å². The Morgan fingerprint density at radius 2 is 2.07 bits per heavy atom. The molecule has 2 atom stereocenters. The van der Waals surface area contributed by atoms with Gasteiger partial charge in [-0.3, -0.25) is 0 Å². The zero-order valence-corrected chi connectivity index (χ0v) is 9.55. The van der Waals surface area contributed by atoms with Gasteiger partial charge >= 0.3 is 0 Å². The van der Waals surface area contributed by atoms with Crippen LogP contribution in [0.2, 0.25) is 0 Å². The summed E-state index contributed by atoms with van der Waals surface area (Å²) in [7, 11) is 0. The predicted molar refractivity (Wildman–Crippen MR) is 57.0 cm³/mol. The van der Waals surface area contributed by atoms with E-state index in [1.165, 1.54) is 0 Å². The van der Waals surface area contributed by atoms with Crippen molar-refractivity contribution in [2.24, 2.45) is 11.3 Å². The van der Waals surface area contributed by atoms with E-state index in [-0.39, 0.29) is 0 Å². The summed E-state index contributed by atoms with van der Waals surface area (Å²) in [6, 6.07) is 0. The SMILES string of the molecule is CC1CC(C)(C)CCC1(O)CCC=O. The Morgan fingerprint density at radius 3 is 2.57 bits per heavy atom. The molecule has 0 amide bonds. The lowest BCUT2D eigenvalue weighted by Gasteiger charge is -2.45. The van der Waals surface area contributed by atoms with E-state index in [9.17, 15) is 9.90 Å². The molecule has 1 N–H and O–H groups in total. The third-order valence-electron chi connectivity index (χ3n) is 3.71. The molecular formula is C12H22O2. The third kappa shape index (κ3) is 2.57. The molecule has 0 aromatic heterocycles. The molecule has 0 saturated heterocycles. The van der Waals surface area contributed by atoms with Gasteiger partial charge in [0, 0.05) is 6.42 Å². The van der Waals surface area contributed by atoms with Gasteiger partial charge in [0.2, 0.25) is 0 Å². The van der Waals surface area contributed by atoms with Crippen LogP contribution in [0.4, 0.5) is 0 Å². The van der Waals surface area contributed by atoms with E-state index >= 15 is 0 Å². The van der Waals surface area contributed by atoms with Gasteiger partial charge in [0.05, 0.1) is 5.60 Å². The van der Waals surface area contributed by atoms with Crippen LogP contribution in [0, 0.1) is 11.3 Å². The first-order valence-corrected chi connectivity index (χ1v) is 5.56. The van der Waals surface area contributed by atoms with Crippen LogP contribution < -0.4 is 0 Å². The van der Waals surface area contributed by atoms with Gasteiger partial charge in [-0.1, -0.05) is 20.8 Å². The molecular weight excluding hydrogens is 176 g/mol. The molecule has 0 aromatic rings. The largest absolute Gasteiger partial charge is 0.390 e. The van der Waals surface area contributed by atoms with Gasteiger partial charge in [-0.2, -0.15) is 0 Å². The Bertz CT molecular complexity index is 210. The summed E-state index contributed by atoms with van der Waals surface area (Å²) in [5.41, 5.74) is -0.233. The van der Waals surface area contributed by atoms with Crippen LogP contribution in [-0.4, -0.2) is 17.0 Å². The monoisotopic (exact) mass is 198 g/mol. The molecule has 1 aliphatic rings. The van der Waals surface area contributed by atoms with Crippen LogP contribution in [0.15, 0.2) is 0 Å². The van der Waals surface area contributed by atoms with E-state index in [1.54, 1.807) is 0 Å². The van der Waals surface area contributed by atoms with E-state index in [4.69, 9.17) is 0 Å². The number of carbonyl (C=O) groups is 1. The maximum atomic E-state index is 10.3. The van der Waals surface area contributed by atoms with E-state index in [0.29, 0.717) is 24.2 Å². The molecule has 0 aromatic carbocycles. The predicted octanol–water partition coefficient (Wildman–Crippen LogP) is 2.54. The number of rotatable bonds is 3. The normalized spacial score (nSPS) is 36.7. The number of aliphatic hydroxyl groups is 1. The van der Waals surface area contributed by atoms with Crippen molar-refractivity contribution in [2.75, 3.05) is 0 Å². The summed E-state index contributed by atoms with van der Waals surface area (Å²) in [5, 5.41) is 10.3. The number of aldehydes is 1. The van der Waals surface area contributed by atoms with Gasteiger partial charge in [-0.25, -0.2) is 0 Å². The van der Waals surface area contributed by atoms with Crippen molar-refractivity contribution < 1.29 is 9.90 Å². The number of hydrogen-bond acceptors (Lipinski definition) is 2. The molecule has 1 fully saturated rings. The highest BCUT2D eigenvalue weighted by Crippen LogP contribution is 2.45. The van der Waals surface area contributed by atoms with Gasteiger partial charge in [0.1, 0.15) is 6.29 Å². The van der Waals surface area contributed by atoms with E-state index in [0.717, 1.165) is 25.5 Å². The lowest BCUT2D eigenvalue weighted by Crippen LogP contribution is -2.44. The van der Waals surface area contributed by atoms with Crippen LogP contribution >= 0.6 is 0 Å². The molecule has 0 bridgehead atoms. The molecule has 1 saturated carbocycles. The summed E-state index contributed by atoms with van der Waals surface area (Å²) in [6.07, 6.45) is 4.99. The lowest BCUT2D eigenvalue weighted by molar-refractivity contribution is -0.112. The van der Waals surface area contributed by atoms with Crippen molar-refractivity contribution in [2.45, 2.75) is 58.5 Å². The van der Waals surface area contributed by atoms with E-state index in [2.05, 4.69) is 20.8 Å². The summed E-state index contributed by atoms with van der Waals surface area (Å²) in [5.74, 6) is 0.311. The Kier molecular flexibility index (Phi) is 3.36. The zero-order chi connectivity index (χ0) is 10.8. The van der Waals surface area contributed by atoms with Crippen LogP contribution in [0.1, 0.15) is 52.9 Å². The maximum absolute atomic E-state index is 10.3. The summed E-state index contributed by atoms with van der Waals surface area (Å²) in [6.45, 7) is 6.61. The molecule has 2 unspecified atom stereocenters. The second-order valence-electron chi connectivity index (χ2n) is 5.58. The first-order chi connectivity index (χ1) is 6.40. The van der Waals surface area contributed by atoms with Crippen molar-refractivity contribution in [1.29, 1.82) is 0 Å². The zero-order valence-electron chi connectivity index (χ0n) is 9.55. The lowest BCUT2D eigenvalue weighted by atomic mass is 9.64. The second-order valence-corrected chi connectivity index (χ2v) is 5.58. The summed E-state index contributed by atoms with van der Waals surface area (Å²) >= 11 is 0. The van der Waals surface area contributed by atoms with Crippen molar-refractivity contribution in [3.8, 4) is 0 Å². The number of carbonyl (C=O) groups excluding carboxylic acids is 1. The van der Waals surface area contributed by atoms with Crippen LogP contribution in [0.25, 0.3) is 0 Å². The molecule has 0 heterocycles. The minimum Gasteiger partial charge on any atom is -0.390 e. The second kappa shape index (κ2) is 4.01. The average Bonchev–Trinajstić information content (AvgIpc) is 2.09. The fraction of sp³-hybridized carbons (Fsp3) is 0.917. The fourth-order valence-electron chi connectivity index (χ4n) is 2.60. The molecule has 0 aliphatic heterocycles. The average molecular weight is 198 g/mol. The smallest absolute Gasteiger partial charge is 0.120 e. The molecule has 0 spiro atoms. The van der Waals surface area contributed by atoms with E-state index in [1.807, 2.05) is 0 Å². The van der Waals surface area contributed by atoms with Crippen LogP contribution in [0.5, 0.6) is 0 Å². The minimum absolute atomic E-state index is 0.311. The standard InChI is InChI=1S/C12H22O2/c1-10-9-11(2,3)6-7-12(10,14)5-4-8-13/h8,10,14H,4-7,9H2,1-3H3. The minimum atomic E-state index is -0.587. The Balaban J connectivity index is 2.59. The molecule has 1 rings (SSSR count). The quantitative estimate of drug-likeness (QED) is 0.708. The first-order valence-electron chi connectivity index (χ1n) is 5.56. The van der Waals surface area contributed by atoms with Crippen molar-refractivity contribution in [3.05, 3.63) is 0 Å². The highest BCUT2D eigenvalue weighted by Gasteiger charge is 2.41. The van der Waals surface area contributed by atoms with Crippen molar-refractivity contribution >= 4 is 6.29 Å².